The van der Waals surface area contributed by atoms with Crippen molar-refractivity contribution in [1.82, 2.24) is 0 Å². The highest BCUT2D eigenvalue weighted by molar-refractivity contribution is 5.45. The SMILES string of the molecule is Cc1cccc(C(C)Nc2ccc(F)cc2)c1. The number of rotatable bonds is 3. The van der Waals surface area contributed by atoms with E-state index in [0.717, 1.165) is 5.69 Å². The summed E-state index contributed by atoms with van der Waals surface area (Å²) >= 11 is 0. The monoisotopic (exact) mass is 229 g/mol. The van der Waals surface area contributed by atoms with E-state index in [-0.39, 0.29) is 11.9 Å². The van der Waals surface area contributed by atoms with Gasteiger partial charge in [-0.05, 0) is 43.7 Å². The molecule has 88 valence electrons. The summed E-state index contributed by atoms with van der Waals surface area (Å²) in [6.07, 6.45) is 0. The van der Waals surface area contributed by atoms with Gasteiger partial charge in [-0.15, -0.1) is 0 Å². The third-order valence-corrected chi connectivity index (χ3v) is 2.77. The summed E-state index contributed by atoms with van der Waals surface area (Å²) in [6.45, 7) is 4.17. The molecule has 1 N–H and O–H groups in total. The summed E-state index contributed by atoms with van der Waals surface area (Å²) in [7, 11) is 0. The summed E-state index contributed by atoms with van der Waals surface area (Å²) in [5.41, 5.74) is 3.41. The molecule has 0 bridgehead atoms. The molecule has 1 atom stereocenters. The van der Waals surface area contributed by atoms with E-state index in [0.29, 0.717) is 0 Å². The molecule has 0 aliphatic rings. The Kier molecular flexibility index (Phi) is 3.43. The van der Waals surface area contributed by atoms with Crippen molar-refractivity contribution in [2.24, 2.45) is 0 Å². The first-order valence-electron chi connectivity index (χ1n) is 5.74. The van der Waals surface area contributed by atoms with Crippen LogP contribution in [-0.4, -0.2) is 0 Å². The Morgan fingerprint density at radius 2 is 1.76 bits per heavy atom. The molecule has 2 rings (SSSR count). The molecule has 17 heavy (non-hydrogen) atoms. The summed E-state index contributed by atoms with van der Waals surface area (Å²) in [6, 6.07) is 15.0. The van der Waals surface area contributed by atoms with Gasteiger partial charge in [0.05, 0.1) is 0 Å². The molecule has 0 saturated carbocycles. The molecule has 0 amide bonds. The summed E-state index contributed by atoms with van der Waals surface area (Å²) in [4.78, 5) is 0. The van der Waals surface area contributed by atoms with Gasteiger partial charge >= 0.3 is 0 Å². The van der Waals surface area contributed by atoms with Crippen molar-refractivity contribution in [1.29, 1.82) is 0 Å². The fourth-order valence-electron chi connectivity index (χ4n) is 1.82. The van der Waals surface area contributed by atoms with Crippen LogP contribution in [-0.2, 0) is 0 Å². The summed E-state index contributed by atoms with van der Waals surface area (Å²) in [5, 5.41) is 3.35. The van der Waals surface area contributed by atoms with Crippen LogP contribution in [0.25, 0.3) is 0 Å². The van der Waals surface area contributed by atoms with E-state index >= 15 is 0 Å². The number of aryl methyl sites for hydroxylation is 1. The molecule has 0 saturated heterocycles. The Balaban J connectivity index is 2.11. The number of anilines is 1. The Labute approximate surface area is 101 Å². The molecule has 0 radical (unpaired) electrons. The lowest BCUT2D eigenvalue weighted by atomic mass is 10.1. The van der Waals surface area contributed by atoms with Crippen LogP contribution in [0.15, 0.2) is 48.5 Å². The maximum Gasteiger partial charge on any atom is 0.123 e. The fraction of sp³-hybridized carbons (Fsp3) is 0.200. The molecule has 0 heterocycles. The molecule has 0 aliphatic heterocycles. The molecular formula is C15H16FN. The van der Waals surface area contributed by atoms with E-state index < -0.39 is 0 Å². The van der Waals surface area contributed by atoms with Gasteiger partial charge < -0.3 is 5.32 Å². The van der Waals surface area contributed by atoms with Crippen LogP contribution in [0.4, 0.5) is 10.1 Å². The average molecular weight is 229 g/mol. The average Bonchev–Trinajstić information content (AvgIpc) is 2.32. The second-order valence-corrected chi connectivity index (χ2v) is 4.29. The van der Waals surface area contributed by atoms with E-state index in [2.05, 4.69) is 37.4 Å². The Bertz CT molecular complexity index is 491. The highest BCUT2D eigenvalue weighted by atomic mass is 19.1. The second kappa shape index (κ2) is 5.00. The Morgan fingerprint density at radius 3 is 2.41 bits per heavy atom. The third-order valence-electron chi connectivity index (χ3n) is 2.77. The first kappa shape index (κ1) is 11.6. The third kappa shape index (κ3) is 3.06. The molecule has 0 spiro atoms. The molecule has 0 aromatic heterocycles. The van der Waals surface area contributed by atoms with Crippen molar-refractivity contribution < 1.29 is 4.39 Å². The first-order valence-corrected chi connectivity index (χ1v) is 5.74. The maximum atomic E-state index is 12.8. The van der Waals surface area contributed by atoms with Gasteiger partial charge in [-0.3, -0.25) is 0 Å². The standard InChI is InChI=1S/C15H16FN/c1-11-4-3-5-13(10-11)12(2)17-15-8-6-14(16)7-9-15/h3-10,12,17H,1-2H3. The van der Waals surface area contributed by atoms with Gasteiger partial charge in [-0.1, -0.05) is 29.8 Å². The smallest absolute Gasteiger partial charge is 0.123 e. The second-order valence-electron chi connectivity index (χ2n) is 4.29. The summed E-state index contributed by atoms with van der Waals surface area (Å²) in [5.74, 6) is -0.209. The number of benzene rings is 2. The predicted octanol–water partition coefficient (Wildman–Crippen LogP) is 4.31. The zero-order valence-electron chi connectivity index (χ0n) is 10.1. The van der Waals surface area contributed by atoms with E-state index in [9.17, 15) is 4.39 Å². The van der Waals surface area contributed by atoms with Gasteiger partial charge in [-0.25, -0.2) is 4.39 Å². The van der Waals surface area contributed by atoms with E-state index in [4.69, 9.17) is 0 Å². The van der Waals surface area contributed by atoms with Gasteiger partial charge in [0.15, 0.2) is 0 Å². The highest BCUT2D eigenvalue weighted by Gasteiger charge is 2.05. The molecule has 0 fully saturated rings. The van der Waals surface area contributed by atoms with Crippen molar-refractivity contribution in [3.8, 4) is 0 Å². The van der Waals surface area contributed by atoms with Crippen molar-refractivity contribution in [3.05, 3.63) is 65.5 Å². The normalized spacial score (nSPS) is 12.2. The largest absolute Gasteiger partial charge is 0.379 e. The topological polar surface area (TPSA) is 12.0 Å². The molecule has 2 aromatic carbocycles. The molecule has 2 heteroatoms. The van der Waals surface area contributed by atoms with Crippen molar-refractivity contribution in [2.45, 2.75) is 19.9 Å². The Morgan fingerprint density at radius 1 is 1.06 bits per heavy atom. The van der Waals surface area contributed by atoms with Crippen LogP contribution in [0.2, 0.25) is 0 Å². The number of halogens is 1. The van der Waals surface area contributed by atoms with Crippen LogP contribution in [0.5, 0.6) is 0 Å². The molecule has 2 aromatic rings. The quantitative estimate of drug-likeness (QED) is 0.827. The number of hydrogen-bond donors (Lipinski definition) is 1. The van der Waals surface area contributed by atoms with Crippen molar-refractivity contribution in [3.63, 3.8) is 0 Å². The lowest BCUT2D eigenvalue weighted by Gasteiger charge is -2.16. The minimum Gasteiger partial charge on any atom is -0.379 e. The van der Waals surface area contributed by atoms with E-state index in [1.54, 1.807) is 12.1 Å². The minimum atomic E-state index is -0.209. The zero-order chi connectivity index (χ0) is 12.3. The fourth-order valence-corrected chi connectivity index (χ4v) is 1.82. The van der Waals surface area contributed by atoms with Crippen LogP contribution < -0.4 is 5.32 Å². The van der Waals surface area contributed by atoms with Crippen LogP contribution in [0.3, 0.4) is 0 Å². The zero-order valence-corrected chi connectivity index (χ0v) is 10.1. The van der Waals surface area contributed by atoms with Crippen LogP contribution >= 0.6 is 0 Å². The highest BCUT2D eigenvalue weighted by Crippen LogP contribution is 2.20. The van der Waals surface area contributed by atoms with Crippen LogP contribution in [0, 0.1) is 12.7 Å². The number of nitrogens with one attached hydrogen (secondary N) is 1. The number of hydrogen-bond acceptors (Lipinski definition) is 1. The predicted molar refractivity (Wildman–Crippen MR) is 69.6 cm³/mol. The maximum absolute atomic E-state index is 12.8. The van der Waals surface area contributed by atoms with E-state index in [1.807, 2.05) is 6.07 Å². The van der Waals surface area contributed by atoms with Gasteiger partial charge in [0.2, 0.25) is 0 Å². The first-order chi connectivity index (χ1) is 8.15. The van der Waals surface area contributed by atoms with Gasteiger partial charge in [0, 0.05) is 11.7 Å². The van der Waals surface area contributed by atoms with Crippen molar-refractivity contribution >= 4 is 5.69 Å². The lowest BCUT2D eigenvalue weighted by molar-refractivity contribution is 0.628. The van der Waals surface area contributed by atoms with Gasteiger partial charge in [0.25, 0.3) is 0 Å². The molecular weight excluding hydrogens is 213 g/mol. The van der Waals surface area contributed by atoms with Crippen LogP contribution in [0.1, 0.15) is 24.1 Å². The van der Waals surface area contributed by atoms with Gasteiger partial charge in [-0.2, -0.15) is 0 Å². The van der Waals surface area contributed by atoms with Crippen molar-refractivity contribution in [2.75, 3.05) is 5.32 Å². The molecule has 0 aliphatic carbocycles. The summed E-state index contributed by atoms with van der Waals surface area (Å²) < 4.78 is 12.8. The van der Waals surface area contributed by atoms with E-state index in [1.165, 1.54) is 23.3 Å². The Hall–Kier alpha value is -1.83. The molecule has 1 nitrogen and oxygen atoms in total. The molecule has 1 unspecified atom stereocenters. The minimum absolute atomic E-state index is 0.209. The lowest BCUT2D eigenvalue weighted by Crippen LogP contribution is -2.06. The van der Waals surface area contributed by atoms with Gasteiger partial charge in [0.1, 0.15) is 5.82 Å².